The summed E-state index contributed by atoms with van der Waals surface area (Å²) in [5.74, 6) is -0.174. The monoisotopic (exact) mass is 405 g/mol. The molecule has 0 atom stereocenters. The molecular formula is C15H11BrCl3NO. The lowest BCUT2D eigenvalue weighted by atomic mass is 10.1. The number of rotatable bonds is 3. The van der Waals surface area contributed by atoms with Crippen molar-refractivity contribution in [2.24, 2.45) is 0 Å². The molecule has 0 spiro atoms. The van der Waals surface area contributed by atoms with E-state index in [1.807, 2.05) is 0 Å². The maximum atomic E-state index is 12.5. The van der Waals surface area contributed by atoms with Crippen LogP contribution in [-0.4, -0.2) is 17.9 Å². The quantitative estimate of drug-likeness (QED) is 0.641. The van der Waals surface area contributed by atoms with Crippen LogP contribution in [0.1, 0.15) is 15.9 Å². The minimum absolute atomic E-state index is 0.174. The molecule has 0 unspecified atom stereocenters. The first-order valence-electron chi connectivity index (χ1n) is 6.03. The van der Waals surface area contributed by atoms with E-state index in [4.69, 9.17) is 34.8 Å². The van der Waals surface area contributed by atoms with E-state index in [9.17, 15) is 4.79 Å². The number of carbonyl (C=O) groups excluding carboxylic acids is 1. The molecule has 2 rings (SSSR count). The molecule has 0 bridgehead atoms. The Morgan fingerprint density at radius 3 is 2.57 bits per heavy atom. The Morgan fingerprint density at radius 1 is 1.19 bits per heavy atom. The fraction of sp³-hybridized carbons (Fsp3) is 0.133. The standard InChI is InChI=1S/C15H11BrCl3NO/c1-20(8-9-5-6-10(17)7-13(9)18)15(21)11-3-2-4-12(16)14(11)19/h2-7H,8H2,1H3. The van der Waals surface area contributed by atoms with Crippen molar-refractivity contribution in [1.29, 1.82) is 0 Å². The third kappa shape index (κ3) is 3.92. The highest BCUT2D eigenvalue weighted by atomic mass is 79.9. The van der Waals surface area contributed by atoms with Gasteiger partial charge in [-0.25, -0.2) is 0 Å². The van der Waals surface area contributed by atoms with Gasteiger partial charge in [-0.2, -0.15) is 0 Å². The van der Waals surface area contributed by atoms with Crippen LogP contribution in [0, 0.1) is 0 Å². The van der Waals surface area contributed by atoms with Crippen LogP contribution in [0.15, 0.2) is 40.9 Å². The van der Waals surface area contributed by atoms with Crippen molar-refractivity contribution in [3.63, 3.8) is 0 Å². The molecule has 6 heteroatoms. The average molecular weight is 408 g/mol. The van der Waals surface area contributed by atoms with Gasteiger partial charge in [0, 0.05) is 28.1 Å². The summed E-state index contributed by atoms with van der Waals surface area (Å²) in [6, 6.07) is 10.4. The van der Waals surface area contributed by atoms with Gasteiger partial charge in [0.05, 0.1) is 10.6 Å². The first kappa shape index (κ1) is 16.6. The zero-order valence-corrected chi connectivity index (χ0v) is 14.9. The van der Waals surface area contributed by atoms with E-state index in [0.717, 1.165) is 5.56 Å². The smallest absolute Gasteiger partial charge is 0.255 e. The molecule has 0 aromatic heterocycles. The predicted molar refractivity (Wildman–Crippen MR) is 91.4 cm³/mol. The molecule has 0 radical (unpaired) electrons. The molecule has 110 valence electrons. The van der Waals surface area contributed by atoms with Crippen LogP contribution in [-0.2, 0) is 6.54 Å². The van der Waals surface area contributed by atoms with Crippen molar-refractivity contribution < 1.29 is 4.79 Å². The molecule has 2 aromatic carbocycles. The van der Waals surface area contributed by atoms with Gasteiger partial charge in [-0.3, -0.25) is 4.79 Å². The van der Waals surface area contributed by atoms with Crippen LogP contribution in [0.4, 0.5) is 0 Å². The Kier molecular flexibility index (Phi) is 5.55. The van der Waals surface area contributed by atoms with Gasteiger partial charge in [-0.05, 0) is 45.8 Å². The number of carbonyl (C=O) groups is 1. The first-order valence-corrected chi connectivity index (χ1v) is 7.96. The van der Waals surface area contributed by atoms with Crippen LogP contribution >= 0.6 is 50.7 Å². The Balaban J connectivity index is 2.21. The average Bonchev–Trinajstić information content (AvgIpc) is 2.44. The SMILES string of the molecule is CN(Cc1ccc(Cl)cc1Cl)C(=O)c1cccc(Br)c1Cl. The third-order valence-corrected chi connectivity index (χ3v) is 4.83. The number of hydrogen-bond donors (Lipinski definition) is 0. The Bertz CT molecular complexity index is 691. The van der Waals surface area contributed by atoms with Gasteiger partial charge < -0.3 is 4.90 Å². The van der Waals surface area contributed by atoms with Crippen LogP contribution in [0.5, 0.6) is 0 Å². The van der Waals surface area contributed by atoms with E-state index < -0.39 is 0 Å². The number of nitrogens with zero attached hydrogens (tertiary/aromatic N) is 1. The molecule has 0 saturated heterocycles. The molecule has 1 amide bonds. The van der Waals surface area contributed by atoms with Gasteiger partial charge in [-0.1, -0.05) is 46.9 Å². The Morgan fingerprint density at radius 2 is 1.90 bits per heavy atom. The van der Waals surface area contributed by atoms with E-state index in [2.05, 4.69) is 15.9 Å². The molecule has 0 heterocycles. The maximum absolute atomic E-state index is 12.5. The highest BCUT2D eigenvalue weighted by Gasteiger charge is 2.17. The molecule has 0 fully saturated rings. The van der Waals surface area contributed by atoms with Crippen molar-refractivity contribution in [1.82, 2.24) is 4.90 Å². The lowest BCUT2D eigenvalue weighted by Crippen LogP contribution is -2.26. The van der Waals surface area contributed by atoms with Gasteiger partial charge in [-0.15, -0.1) is 0 Å². The second-order valence-electron chi connectivity index (χ2n) is 4.50. The number of benzene rings is 2. The van der Waals surface area contributed by atoms with E-state index in [1.165, 1.54) is 0 Å². The summed E-state index contributed by atoms with van der Waals surface area (Å²) in [4.78, 5) is 14.0. The zero-order valence-electron chi connectivity index (χ0n) is 11.0. The second-order valence-corrected chi connectivity index (χ2v) is 6.57. The topological polar surface area (TPSA) is 20.3 Å². The minimum Gasteiger partial charge on any atom is -0.337 e. The number of amides is 1. The van der Waals surface area contributed by atoms with Gasteiger partial charge in [0.1, 0.15) is 0 Å². The summed E-state index contributed by atoms with van der Waals surface area (Å²) >= 11 is 21.4. The van der Waals surface area contributed by atoms with Crippen molar-refractivity contribution in [2.45, 2.75) is 6.54 Å². The lowest BCUT2D eigenvalue weighted by molar-refractivity contribution is 0.0785. The van der Waals surface area contributed by atoms with Crippen LogP contribution in [0.2, 0.25) is 15.1 Å². The Hall–Kier alpha value is -0.740. The molecule has 2 aromatic rings. The van der Waals surface area contributed by atoms with Gasteiger partial charge in [0.25, 0.3) is 5.91 Å². The number of hydrogen-bond acceptors (Lipinski definition) is 1. The van der Waals surface area contributed by atoms with Gasteiger partial charge in [0.15, 0.2) is 0 Å². The van der Waals surface area contributed by atoms with Crippen molar-refractivity contribution >= 4 is 56.6 Å². The molecule has 0 aliphatic carbocycles. The van der Waals surface area contributed by atoms with Crippen LogP contribution in [0.3, 0.4) is 0 Å². The van der Waals surface area contributed by atoms with E-state index in [-0.39, 0.29) is 5.91 Å². The van der Waals surface area contributed by atoms with E-state index in [1.54, 1.807) is 48.3 Å². The zero-order chi connectivity index (χ0) is 15.6. The fourth-order valence-electron chi connectivity index (χ4n) is 1.85. The largest absolute Gasteiger partial charge is 0.337 e. The Labute approximate surface area is 146 Å². The number of halogens is 4. The van der Waals surface area contributed by atoms with Crippen molar-refractivity contribution in [2.75, 3.05) is 7.05 Å². The van der Waals surface area contributed by atoms with E-state index in [0.29, 0.717) is 31.6 Å². The van der Waals surface area contributed by atoms with E-state index >= 15 is 0 Å². The molecule has 21 heavy (non-hydrogen) atoms. The first-order chi connectivity index (χ1) is 9.90. The van der Waals surface area contributed by atoms with Crippen molar-refractivity contribution in [3.05, 3.63) is 67.1 Å². The lowest BCUT2D eigenvalue weighted by Gasteiger charge is -2.19. The fourth-order valence-corrected chi connectivity index (χ4v) is 2.89. The normalized spacial score (nSPS) is 10.5. The predicted octanol–water partition coefficient (Wildman–Crippen LogP) is 5.68. The summed E-state index contributed by atoms with van der Waals surface area (Å²) in [7, 11) is 1.70. The van der Waals surface area contributed by atoms with Crippen molar-refractivity contribution in [3.8, 4) is 0 Å². The van der Waals surface area contributed by atoms with Gasteiger partial charge >= 0.3 is 0 Å². The maximum Gasteiger partial charge on any atom is 0.255 e. The van der Waals surface area contributed by atoms with Crippen LogP contribution < -0.4 is 0 Å². The summed E-state index contributed by atoms with van der Waals surface area (Å²) in [6.07, 6.45) is 0. The summed E-state index contributed by atoms with van der Waals surface area (Å²) in [5.41, 5.74) is 1.27. The summed E-state index contributed by atoms with van der Waals surface area (Å²) in [6.45, 7) is 0.373. The molecule has 0 saturated carbocycles. The second kappa shape index (κ2) is 7.01. The summed E-state index contributed by atoms with van der Waals surface area (Å²) < 4.78 is 0.688. The van der Waals surface area contributed by atoms with Crippen LogP contribution in [0.25, 0.3) is 0 Å². The van der Waals surface area contributed by atoms with Gasteiger partial charge in [0.2, 0.25) is 0 Å². The molecule has 0 N–H and O–H groups in total. The third-order valence-electron chi connectivity index (χ3n) is 2.95. The highest BCUT2D eigenvalue weighted by Crippen LogP contribution is 2.28. The highest BCUT2D eigenvalue weighted by molar-refractivity contribution is 9.10. The molecule has 0 aliphatic heterocycles. The molecule has 2 nitrogen and oxygen atoms in total. The summed E-state index contributed by atoms with van der Waals surface area (Å²) in [5, 5.41) is 1.49. The molecular weight excluding hydrogens is 396 g/mol. The molecule has 0 aliphatic rings. The minimum atomic E-state index is -0.174.